The van der Waals surface area contributed by atoms with Crippen molar-refractivity contribution in [2.24, 2.45) is 35.2 Å². The quantitative estimate of drug-likeness (QED) is 0.244. The summed E-state index contributed by atoms with van der Waals surface area (Å²) in [4.78, 5) is 59.0. The van der Waals surface area contributed by atoms with Gasteiger partial charge in [0, 0.05) is 53.4 Å². The maximum atomic E-state index is 13.1. The topological polar surface area (TPSA) is 166 Å². The van der Waals surface area contributed by atoms with Crippen LogP contribution in [0.3, 0.4) is 0 Å². The molecule has 2 N–H and O–H groups in total. The Morgan fingerprint density at radius 3 is 1.54 bits per heavy atom. The lowest BCUT2D eigenvalue weighted by atomic mass is 9.96. The summed E-state index contributed by atoms with van der Waals surface area (Å²) in [7, 11) is 11.3. The lowest BCUT2D eigenvalue weighted by molar-refractivity contribution is 0.393. The summed E-state index contributed by atoms with van der Waals surface area (Å²) in [5.74, 6) is 2.60. The van der Waals surface area contributed by atoms with E-state index in [4.69, 9.17) is 9.47 Å². The van der Waals surface area contributed by atoms with Gasteiger partial charge >= 0.3 is 11.4 Å². The van der Waals surface area contributed by atoms with Crippen molar-refractivity contribution in [3.05, 3.63) is 65.4 Å². The van der Waals surface area contributed by atoms with Gasteiger partial charge in [0.15, 0.2) is 22.3 Å². The average molecular weight is 719 g/mol. The van der Waals surface area contributed by atoms with Crippen molar-refractivity contribution < 1.29 is 9.47 Å². The van der Waals surface area contributed by atoms with E-state index in [9.17, 15) is 19.2 Å². The number of ether oxygens (including phenoxy) is 2. The van der Waals surface area contributed by atoms with Gasteiger partial charge < -0.3 is 24.7 Å². The van der Waals surface area contributed by atoms with Gasteiger partial charge in [0.05, 0.1) is 20.8 Å². The van der Waals surface area contributed by atoms with Crippen molar-refractivity contribution >= 4 is 34.2 Å². The summed E-state index contributed by atoms with van der Waals surface area (Å²) in [6, 6.07) is 6.32. The first-order chi connectivity index (χ1) is 24.9. The van der Waals surface area contributed by atoms with Crippen LogP contribution in [0.15, 0.2) is 37.4 Å². The van der Waals surface area contributed by atoms with Gasteiger partial charge in [-0.2, -0.15) is 9.97 Å². The number of anilines is 2. The van der Waals surface area contributed by atoms with E-state index in [1.165, 1.54) is 61.8 Å². The fourth-order valence-corrected chi connectivity index (χ4v) is 7.36. The number of aromatic nitrogens is 8. The molecule has 280 valence electrons. The minimum absolute atomic E-state index is 0.296. The van der Waals surface area contributed by atoms with Gasteiger partial charge in [0.2, 0.25) is 11.9 Å². The van der Waals surface area contributed by atoms with Crippen LogP contribution >= 0.6 is 0 Å². The number of rotatable bonds is 8. The smallest absolute Gasteiger partial charge is 0.332 e. The second-order valence-corrected chi connectivity index (χ2v) is 14.0. The van der Waals surface area contributed by atoms with E-state index in [0.717, 1.165) is 40.4 Å². The summed E-state index contributed by atoms with van der Waals surface area (Å²) in [6.45, 7) is 0.382. The van der Waals surface area contributed by atoms with Crippen LogP contribution in [0.5, 0.6) is 11.5 Å². The molecule has 1 aromatic carbocycles. The minimum atomic E-state index is -0.394. The fraction of sp³-hybridized carbons (Fsp3) is 0.556. The van der Waals surface area contributed by atoms with E-state index in [-0.39, 0.29) is 16.8 Å². The first-order valence-corrected chi connectivity index (χ1v) is 18.0. The number of nitrogens with one attached hydrogen (secondary N) is 2. The van der Waals surface area contributed by atoms with Crippen molar-refractivity contribution in [2.45, 2.75) is 82.8 Å². The molecule has 0 aliphatic heterocycles. The molecule has 5 aromatic rings. The van der Waals surface area contributed by atoms with Crippen molar-refractivity contribution in [2.75, 3.05) is 24.9 Å². The molecule has 0 spiro atoms. The Morgan fingerprint density at radius 1 is 0.596 bits per heavy atom. The summed E-state index contributed by atoms with van der Waals surface area (Å²) in [6.07, 6.45) is 11.7. The van der Waals surface area contributed by atoms with Crippen LogP contribution in [0.1, 0.15) is 69.8 Å². The van der Waals surface area contributed by atoms with Crippen molar-refractivity contribution in [3.63, 3.8) is 0 Å². The third kappa shape index (κ3) is 6.97. The highest BCUT2D eigenvalue weighted by Gasteiger charge is 2.23. The van der Waals surface area contributed by atoms with Gasteiger partial charge in [0.25, 0.3) is 11.1 Å². The van der Waals surface area contributed by atoms with Crippen molar-refractivity contribution in [3.8, 4) is 11.5 Å². The first-order valence-electron chi connectivity index (χ1n) is 18.0. The highest BCUT2D eigenvalue weighted by molar-refractivity contribution is 5.75. The van der Waals surface area contributed by atoms with Gasteiger partial charge in [-0.15, -0.1) is 0 Å². The van der Waals surface area contributed by atoms with Gasteiger partial charge in [-0.05, 0) is 43.4 Å². The molecule has 2 fully saturated rings. The number of hydrogen-bond acceptors (Lipinski definition) is 10. The van der Waals surface area contributed by atoms with E-state index >= 15 is 0 Å². The number of benzene rings is 1. The molecule has 0 bridgehead atoms. The van der Waals surface area contributed by atoms with Crippen molar-refractivity contribution in [1.29, 1.82) is 0 Å². The van der Waals surface area contributed by atoms with Gasteiger partial charge in [-0.3, -0.25) is 32.4 Å². The number of fused-ring (bicyclic) bond motifs is 2. The molecule has 4 aromatic heterocycles. The summed E-state index contributed by atoms with van der Waals surface area (Å²) >= 11 is 0. The predicted molar refractivity (Wildman–Crippen MR) is 201 cm³/mol. The Bertz CT molecular complexity index is 2310. The van der Waals surface area contributed by atoms with E-state index in [1.807, 2.05) is 23.7 Å². The molecule has 0 atom stereocenters. The van der Waals surface area contributed by atoms with E-state index in [0.29, 0.717) is 64.4 Å². The molecule has 52 heavy (non-hydrogen) atoms. The molecule has 2 aliphatic rings. The second-order valence-electron chi connectivity index (χ2n) is 14.0. The Labute approximate surface area is 300 Å². The molecule has 16 nitrogen and oxygen atoms in total. The first kappa shape index (κ1) is 36.5. The summed E-state index contributed by atoms with van der Waals surface area (Å²) in [5.41, 5.74) is 1.15. The zero-order chi connectivity index (χ0) is 37.3. The number of aryl methyl sites for hydroxylation is 3. The molecular weight excluding hydrogens is 668 g/mol. The van der Waals surface area contributed by atoms with Crippen LogP contribution in [0, 0.1) is 0 Å². The highest BCUT2D eigenvalue weighted by atomic mass is 16.5. The van der Waals surface area contributed by atoms with Crippen molar-refractivity contribution in [1.82, 2.24) is 37.4 Å². The minimum Gasteiger partial charge on any atom is -0.497 e. The van der Waals surface area contributed by atoms with Crippen LogP contribution in [-0.2, 0) is 41.8 Å². The lowest BCUT2D eigenvalue weighted by Crippen LogP contribution is -2.37. The molecule has 4 heterocycles. The maximum Gasteiger partial charge on any atom is 0.332 e. The largest absolute Gasteiger partial charge is 0.497 e. The lowest BCUT2D eigenvalue weighted by Gasteiger charge is -2.23. The molecule has 0 saturated heterocycles. The molecule has 7 rings (SSSR count). The SMILES string of the molecule is COc1cc(Cn2c(NC3CCCCC3)nc3c2c(=O)n(C)c(=O)n3C)cc(OC)c1.Cn1c(=O)c2c(nc(NC3CCCCC3)n2C)n(C)c1=O. The third-order valence-corrected chi connectivity index (χ3v) is 10.5. The highest BCUT2D eigenvalue weighted by Crippen LogP contribution is 2.27. The zero-order valence-electron chi connectivity index (χ0n) is 31.2. The summed E-state index contributed by atoms with van der Waals surface area (Å²) in [5, 5.41) is 6.96. The third-order valence-electron chi connectivity index (χ3n) is 10.5. The summed E-state index contributed by atoms with van der Waals surface area (Å²) < 4.78 is 19.5. The molecule has 0 unspecified atom stereocenters. The molecule has 16 heteroatoms. The van der Waals surface area contributed by atoms with Crippen LogP contribution in [0.25, 0.3) is 22.3 Å². The van der Waals surface area contributed by atoms with Crippen LogP contribution in [0.2, 0.25) is 0 Å². The molecule has 0 radical (unpaired) electrons. The molecular formula is C36H50N10O6. The monoisotopic (exact) mass is 718 g/mol. The molecule has 0 amide bonds. The number of hydrogen-bond donors (Lipinski definition) is 2. The average Bonchev–Trinajstić information content (AvgIpc) is 3.68. The Kier molecular flexibility index (Phi) is 10.6. The Hall–Kier alpha value is -5.28. The van der Waals surface area contributed by atoms with Gasteiger partial charge in [-0.1, -0.05) is 38.5 Å². The van der Waals surface area contributed by atoms with Crippen LogP contribution < -0.4 is 42.6 Å². The molecule has 2 saturated carbocycles. The van der Waals surface area contributed by atoms with Gasteiger partial charge in [0.1, 0.15) is 11.5 Å². The van der Waals surface area contributed by atoms with E-state index in [2.05, 4.69) is 20.6 Å². The van der Waals surface area contributed by atoms with E-state index < -0.39 is 5.69 Å². The predicted octanol–water partition coefficient (Wildman–Crippen LogP) is 2.96. The fourth-order valence-electron chi connectivity index (χ4n) is 7.36. The van der Waals surface area contributed by atoms with E-state index in [1.54, 1.807) is 38.9 Å². The standard InChI is InChI=1S/C22H29N5O4.C14H21N5O2/c1-25-19-18(20(28)26(2)22(25)29)27(21(24-19)23-15-8-6-5-7-9-15)13-14-10-16(30-3)12-17(11-14)31-4;1-17-10-11(18(2)14(21)19(3)12(10)20)16-13(17)15-9-7-5-4-6-8-9/h10-12,15H,5-9,13H2,1-4H3,(H,23,24);9H,4-8H2,1-3H3,(H,15,16). The van der Waals surface area contributed by atoms with Crippen LogP contribution in [-0.4, -0.2) is 63.7 Å². The zero-order valence-corrected chi connectivity index (χ0v) is 31.2. The molecule has 2 aliphatic carbocycles. The normalized spacial score (nSPS) is 15.4. The number of imidazole rings is 2. The van der Waals surface area contributed by atoms with Crippen LogP contribution in [0.4, 0.5) is 11.9 Å². The number of methoxy groups -OCH3 is 2. The second kappa shape index (κ2) is 15.1. The van der Waals surface area contributed by atoms with Gasteiger partial charge in [-0.25, -0.2) is 9.59 Å². The maximum absolute atomic E-state index is 13.1. The number of nitrogens with zero attached hydrogens (tertiary/aromatic N) is 8. The Balaban J connectivity index is 0.000000192. The Morgan fingerprint density at radius 2 is 1.04 bits per heavy atom.